The molecule has 1 aromatic rings. The Kier molecular flexibility index (Phi) is 2.95. The number of fused-ring (bicyclic) bond motifs is 1. The lowest BCUT2D eigenvalue weighted by atomic mass is 10.1. The van der Waals surface area contributed by atoms with Crippen LogP contribution in [0.2, 0.25) is 0 Å². The molecule has 3 nitrogen and oxygen atoms in total. The fourth-order valence-electron chi connectivity index (χ4n) is 2.15. The summed E-state index contributed by atoms with van der Waals surface area (Å²) in [5.74, 6) is 0.117. The van der Waals surface area contributed by atoms with Gasteiger partial charge in [-0.15, -0.1) is 0 Å². The molecule has 0 saturated carbocycles. The number of hydrogen-bond acceptors (Lipinski definition) is 2. The Morgan fingerprint density at radius 3 is 2.81 bits per heavy atom. The Balaban J connectivity index is 2.37. The van der Waals surface area contributed by atoms with E-state index >= 15 is 0 Å². The topological polar surface area (TPSA) is 39.1 Å². The van der Waals surface area contributed by atoms with Crippen molar-refractivity contribution in [3.63, 3.8) is 0 Å². The zero-order valence-electron chi connectivity index (χ0n) is 9.82. The lowest BCUT2D eigenvalue weighted by Crippen LogP contribution is -2.28. The van der Waals surface area contributed by atoms with Crippen molar-refractivity contribution in [2.24, 2.45) is 5.92 Å². The van der Waals surface area contributed by atoms with Gasteiger partial charge in [-0.3, -0.25) is 9.59 Å². The van der Waals surface area contributed by atoms with E-state index in [1.54, 1.807) is 10.6 Å². The van der Waals surface area contributed by atoms with Gasteiger partial charge in [-0.1, -0.05) is 19.9 Å². The van der Waals surface area contributed by atoms with Gasteiger partial charge < -0.3 is 4.57 Å². The van der Waals surface area contributed by atoms with E-state index in [0.717, 1.165) is 25.0 Å². The van der Waals surface area contributed by atoms with Crippen LogP contribution >= 0.6 is 0 Å². The molecular weight excluding hydrogens is 202 g/mol. The maximum absolute atomic E-state index is 11.7. The molecule has 0 fully saturated rings. The highest BCUT2D eigenvalue weighted by atomic mass is 16.1. The highest BCUT2D eigenvalue weighted by Crippen LogP contribution is 2.19. The SMILES string of the molecule is CC(C)C(=O)Cn1c2c(ccc1=O)CCC2. The van der Waals surface area contributed by atoms with Gasteiger partial charge in [0.05, 0.1) is 6.54 Å². The number of carbonyl (C=O) groups is 1. The third kappa shape index (κ3) is 1.94. The molecule has 2 rings (SSSR count). The van der Waals surface area contributed by atoms with Crippen LogP contribution in [0.1, 0.15) is 31.5 Å². The van der Waals surface area contributed by atoms with Crippen LogP contribution in [0.5, 0.6) is 0 Å². The quantitative estimate of drug-likeness (QED) is 0.774. The first-order valence-electron chi connectivity index (χ1n) is 5.84. The summed E-state index contributed by atoms with van der Waals surface area (Å²) in [6.07, 6.45) is 3.05. The van der Waals surface area contributed by atoms with Gasteiger partial charge in [0.2, 0.25) is 0 Å². The van der Waals surface area contributed by atoms with Crippen molar-refractivity contribution in [2.45, 2.75) is 39.7 Å². The molecule has 0 aromatic carbocycles. The lowest BCUT2D eigenvalue weighted by molar-refractivity contribution is -0.122. The first kappa shape index (κ1) is 11.1. The summed E-state index contributed by atoms with van der Waals surface area (Å²) in [6, 6.07) is 3.48. The fourth-order valence-corrected chi connectivity index (χ4v) is 2.15. The number of aryl methyl sites for hydroxylation is 1. The van der Waals surface area contributed by atoms with Crippen molar-refractivity contribution in [3.8, 4) is 0 Å². The molecule has 1 aliphatic carbocycles. The van der Waals surface area contributed by atoms with Crippen molar-refractivity contribution in [1.29, 1.82) is 0 Å². The van der Waals surface area contributed by atoms with Crippen LogP contribution in [0.3, 0.4) is 0 Å². The number of carbonyl (C=O) groups excluding carboxylic acids is 1. The summed E-state index contributed by atoms with van der Waals surface area (Å²) in [7, 11) is 0. The Labute approximate surface area is 95.1 Å². The van der Waals surface area contributed by atoms with Crippen molar-refractivity contribution < 1.29 is 4.79 Å². The average molecular weight is 219 g/mol. The zero-order chi connectivity index (χ0) is 11.7. The number of pyridine rings is 1. The number of hydrogen-bond donors (Lipinski definition) is 0. The Morgan fingerprint density at radius 1 is 1.38 bits per heavy atom. The van der Waals surface area contributed by atoms with Gasteiger partial charge in [0.15, 0.2) is 5.78 Å². The predicted octanol–water partition coefficient (Wildman–Crippen LogP) is 1.56. The summed E-state index contributed by atoms with van der Waals surface area (Å²) in [5.41, 5.74) is 2.26. The second-order valence-corrected chi connectivity index (χ2v) is 4.70. The van der Waals surface area contributed by atoms with Crippen LogP contribution in [0.25, 0.3) is 0 Å². The molecule has 0 unspecified atom stereocenters. The van der Waals surface area contributed by atoms with Gasteiger partial charge in [-0.25, -0.2) is 0 Å². The Hall–Kier alpha value is -1.38. The molecule has 1 aliphatic rings. The summed E-state index contributed by atoms with van der Waals surface area (Å²) in [6.45, 7) is 3.98. The minimum absolute atomic E-state index is 0.0100. The lowest BCUT2D eigenvalue weighted by Gasteiger charge is -2.12. The second kappa shape index (κ2) is 4.24. The molecular formula is C13H17NO2. The molecule has 0 N–H and O–H groups in total. The summed E-state index contributed by atoms with van der Waals surface area (Å²) in [4.78, 5) is 23.5. The predicted molar refractivity (Wildman–Crippen MR) is 62.6 cm³/mol. The summed E-state index contributed by atoms with van der Waals surface area (Å²) in [5, 5.41) is 0. The molecule has 0 radical (unpaired) electrons. The Morgan fingerprint density at radius 2 is 2.12 bits per heavy atom. The van der Waals surface area contributed by atoms with Crippen LogP contribution in [-0.2, 0) is 24.2 Å². The molecule has 3 heteroatoms. The van der Waals surface area contributed by atoms with Gasteiger partial charge in [-0.2, -0.15) is 0 Å². The van der Waals surface area contributed by atoms with E-state index in [4.69, 9.17) is 0 Å². The number of nitrogens with zero attached hydrogens (tertiary/aromatic N) is 1. The number of rotatable bonds is 3. The van der Waals surface area contributed by atoms with E-state index in [-0.39, 0.29) is 23.8 Å². The van der Waals surface area contributed by atoms with Crippen LogP contribution < -0.4 is 5.56 Å². The van der Waals surface area contributed by atoms with Crippen molar-refractivity contribution in [2.75, 3.05) is 0 Å². The minimum atomic E-state index is -0.0466. The number of Topliss-reactive ketones (excluding diaryl/α,β-unsaturated/α-hetero) is 1. The first-order valence-corrected chi connectivity index (χ1v) is 5.84. The molecule has 0 spiro atoms. The van der Waals surface area contributed by atoms with Crippen LogP contribution in [-0.4, -0.2) is 10.4 Å². The van der Waals surface area contributed by atoms with Gasteiger partial charge in [0.1, 0.15) is 0 Å². The zero-order valence-corrected chi connectivity index (χ0v) is 9.82. The molecule has 0 saturated heterocycles. The molecule has 86 valence electrons. The molecule has 0 atom stereocenters. The normalized spacial score (nSPS) is 14.2. The Bertz CT molecular complexity index is 471. The van der Waals surface area contributed by atoms with Crippen LogP contribution in [0.15, 0.2) is 16.9 Å². The third-order valence-corrected chi connectivity index (χ3v) is 3.21. The monoisotopic (exact) mass is 219 g/mol. The largest absolute Gasteiger partial charge is 0.305 e. The fraction of sp³-hybridized carbons (Fsp3) is 0.538. The second-order valence-electron chi connectivity index (χ2n) is 4.70. The molecule has 1 aromatic heterocycles. The number of ketones is 1. The maximum atomic E-state index is 11.7. The van der Waals surface area contributed by atoms with E-state index in [0.29, 0.717) is 0 Å². The van der Waals surface area contributed by atoms with Crippen molar-refractivity contribution >= 4 is 5.78 Å². The first-order chi connectivity index (χ1) is 7.59. The smallest absolute Gasteiger partial charge is 0.251 e. The maximum Gasteiger partial charge on any atom is 0.251 e. The van der Waals surface area contributed by atoms with Gasteiger partial charge in [0.25, 0.3) is 5.56 Å². The average Bonchev–Trinajstić information content (AvgIpc) is 2.70. The van der Waals surface area contributed by atoms with Crippen LogP contribution in [0.4, 0.5) is 0 Å². The highest BCUT2D eigenvalue weighted by molar-refractivity contribution is 5.80. The van der Waals surface area contributed by atoms with Crippen LogP contribution in [0, 0.1) is 5.92 Å². The van der Waals surface area contributed by atoms with E-state index in [1.165, 1.54) is 5.56 Å². The summed E-state index contributed by atoms with van der Waals surface area (Å²) >= 11 is 0. The molecule has 1 heterocycles. The van der Waals surface area contributed by atoms with E-state index in [1.807, 2.05) is 19.9 Å². The molecule has 0 aliphatic heterocycles. The molecule has 0 amide bonds. The van der Waals surface area contributed by atoms with E-state index in [9.17, 15) is 9.59 Å². The van der Waals surface area contributed by atoms with Crippen molar-refractivity contribution in [1.82, 2.24) is 4.57 Å². The van der Waals surface area contributed by atoms with Gasteiger partial charge in [-0.05, 0) is 24.8 Å². The molecule has 16 heavy (non-hydrogen) atoms. The number of aromatic nitrogens is 1. The standard InChI is InChI=1S/C13H17NO2/c1-9(2)12(15)8-14-11-5-3-4-10(11)6-7-13(14)16/h6-7,9H,3-5,8H2,1-2H3. The van der Waals surface area contributed by atoms with Crippen molar-refractivity contribution in [3.05, 3.63) is 33.7 Å². The third-order valence-electron chi connectivity index (χ3n) is 3.21. The van der Waals surface area contributed by atoms with E-state index in [2.05, 4.69) is 0 Å². The van der Waals surface area contributed by atoms with Gasteiger partial charge >= 0.3 is 0 Å². The van der Waals surface area contributed by atoms with Gasteiger partial charge in [0, 0.05) is 17.7 Å². The summed E-state index contributed by atoms with van der Waals surface area (Å²) < 4.78 is 1.66. The minimum Gasteiger partial charge on any atom is -0.305 e. The van der Waals surface area contributed by atoms with E-state index < -0.39 is 0 Å². The molecule has 0 bridgehead atoms. The highest BCUT2D eigenvalue weighted by Gasteiger charge is 2.18.